The summed E-state index contributed by atoms with van der Waals surface area (Å²) in [6, 6.07) is 18.4. The number of hydrogen-bond acceptors (Lipinski definition) is 2. The molecule has 0 aliphatic rings. The van der Waals surface area contributed by atoms with E-state index in [1.807, 2.05) is 48.2 Å². The van der Waals surface area contributed by atoms with Crippen molar-refractivity contribution in [3.05, 3.63) is 77.4 Å². The van der Waals surface area contributed by atoms with Crippen LogP contribution in [0.3, 0.4) is 0 Å². The summed E-state index contributed by atoms with van der Waals surface area (Å²) >= 11 is 1.83. The molecule has 0 spiro atoms. The third kappa shape index (κ3) is 6.19. The Morgan fingerprint density at radius 2 is 1.82 bits per heavy atom. The third-order valence-electron chi connectivity index (χ3n) is 3.16. The molecule has 22 heavy (non-hydrogen) atoms. The van der Waals surface area contributed by atoms with Gasteiger partial charge in [0.2, 0.25) is 5.91 Å². The largest absolute Gasteiger partial charge is 0.352 e. The van der Waals surface area contributed by atoms with Crippen molar-refractivity contribution < 1.29 is 4.79 Å². The van der Waals surface area contributed by atoms with E-state index in [-0.39, 0.29) is 5.91 Å². The minimum atomic E-state index is -0.0419. The molecule has 0 saturated carbocycles. The predicted octanol–water partition coefficient (Wildman–Crippen LogP) is 4.06. The monoisotopic (exact) mass is 311 g/mol. The third-order valence-corrected chi connectivity index (χ3v) is 4.19. The molecule has 3 heteroatoms. The van der Waals surface area contributed by atoms with E-state index in [1.165, 1.54) is 11.1 Å². The Hall–Kier alpha value is -2.00. The topological polar surface area (TPSA) is 29.1 Å². The Morgan fingerprint density at radius 3 is 2.55 bits per heavy atom. The summed E-state index contributed by atoms with van der Waals surface area (Å²) < 4.78 is 0. The second-order valence-corrected chi connectivity index (χ2v) is 6.18. The molecule has 0 bridgehead atoms. The van der Waals surface area contributed by atoms with Crippen LogP contribution >= 0.6 is 11.8 Å². The quantitative estimate of drug-likeness (QED) is 0.617. The first-order chi connectivity index (χ1) is 10.7. The zero-order chi connectivity index (χ0) is 15.6. The summed E-state index contributed by atoms with van der Waals surface area (Å²) in [5.41, 5.74) is 3.64. The SMILES string of the molecule is Cc1ccc(CSCCNC(=O)C=Cc2ccccc2)cc1. The maximum absolute atomic E-state index is 11.7. The van der Waals surface area contributed by atoms with Crippen LogP contribution in [0.1, 0.15) is 16.7 Å². The van der Waals surface area contributed by atoms with Crippen LogP contribution in [-0.2, 0) is 10.5 Å². The number of amides is 1. The fraction of sp³-hybridized carbons (Fsp3) is 0.211. The first-order valence-electron chi connectivity index (χ1n) is 7.38. The summed E-state index contributed by atoms with van der Waals surface area (Å²) in [5.74, 6) is 1.86. The molecular formula is C19H21NOS. The number of aryl methyl sites for hydroxylation is 1. The van der Waals surface area contributed by atoms with E-state index < -0.39 is 0 Å². The molecular weight excluding hydrogens is 290 g/mol. The van der Waals surface area contributed by atoms with Crippen LogP contribution in [0.4, 0.5) is 0 Å². The van der Waals surface area contributed by atoms with Crippen molar-refractivity contribution in [1.29, 1.82) is 0 Å². The number of hydrogen-bond donors (Lipinski definition) is 1. The van der Waals surface area contributed by atoms with Crippen molar-refractivity contribution in [3.8, 4) is 0 Å². The van der Waals surface area contributed by atoms with Gasteiger partial charge in [0.15, 0.2) is 0 Å². The zero-order valence-corrected chi connectivity index (χ0v) is 13.6. The molecule has 2 aromatic carbocycles. The first kappa shape index (κ1) is 16.4. The Morgan fingerprint density at radius 1 is 1.09 bits per heavy atom. The molecule has 2 nitrogen and oxygen atoms in total. The summed E-state index contributed by atoms with van der Waals surface area (Å²) in [4.78, 5) is 11.7. The fourth-order valence-corrected chi connectivity index (χ4v) is 2.73. The molecule has 0 aromatic heterocycles. The fourth-order valence-electron chi connectivity index (χ4n) is 1.92. The van der Waals surface area contributed by atoms with Crippen molar-refractivity contribution >= 4 is 23.7 Å². The standard InChI is InChI=1S/C19H21NOS/c1-16-7-9-18(10-8-16)15-22-14-13-20-19(21)12-11-17-5-3-2-4-6-17/h2-12H,13-15H2,1H3,(H,20,21). The summed E-state index contributed by atoms with van der Waals surface area (Å²) in [6.45, 7) is 2.78. The normalized spacial score (nSPS) is 10.8. The molecule has 0 fully saturated rings. The van der Waals surface area contributed by atoms with Gasteiger partial charge in [-0.1, -0.05) is 60.2 Å². The van der Waals surface area contributed by atoms with E-state index >= 15 is 0 Å². The van der Waals surface area contributed by atoms with Gasteiger partial charge < -0.3 is 5.32 Å². The average molecular weight is 311 g/mol. The molecule has 0 aliphatic heterocycles. The van der Waals surface area contributed by atoms with Crippen LogP contribution in [0.25, 0.3) is 6.08 Å². The number of carbonyl (C=O) groups is 1. The van der Waals surface area contributed by atoms with Crippen LogP contribution in [0, 0.1) is 6.92 Å². The van der Waals surface area contributed by atoms with Gasteiger partial charge in [-0.05, 0) is 24.1 Å². The maximum Gasteiger partial charge on any atom is 0.244 e. The number of thioether (sulfide) groups is 1. The van der Waals surface area contributed by atoms with E-state index in [2.05, 4.69) is 36.5 Å². The van der Waals surface area contributed by atoms with E-state index in [1.54, 1.807) is 6.08 Å². The van der Waals surface area contributed by atoms with Crippen LogP contribution < -0.4 is 5.32 Å². The summed E-state index contributed by atoms with van der Waals surface area (Å²) in [7, 11) is 0. The van der Waals surface area contributed by atoms with Gasteiger partial charge in [-0.15, -0.1) is 0 Å². The van der Waals surface area contributed by atoms with Gasteiger partial charge in [0, 0.05) is 24.1 Å². The van der Waals surface area contributed by atoms with Crippen molar-refractivity contribution in [2.45, 2.75) is 12.7 Å². The smallest absolute Gasteiger partial charge is 0.244 e. The minimum Gasteiger partial charge on any atom is -0.352 e. The van der Waals surface area contributed by atoms with Gasteiger partial charge in [-0.3, -0.25) is 4.79 Å². The lowest BCUT2D eigenvalue weighted by Gasteiger charge is -2.03. The summed E-state index contributed by atoms with van der Waals surface area (Å²) in [5, 5.41) is 2.90. The molecule has 0 atom stereocenters. The molecule has 1 N–H and O–H groups in total. The lowest BCUT2D eigenvalue weighted by atomic mass is 10.2. The second kappa shape index (κ2) is 9.11. The molecule has 0 radical (unpaired) electrons. The summed E-state index contributed by atoms with van der Waals surface area (Å²) in [6.07, 6.45) is 3.41. The van der Waals surface area contributed by atoms with Gasteiger partial charge in [0.25, 0.3) is 0 Å². The van der Waals surface area contributed by atoms with Crippen molar-refractivity contribution in [1.82, 2.24) is 5.32 Å². The maximum atomic E-state index is 11.7. The highest BCUT2D eigenvalue weighted by Gasteiger charge is 1.96. The Balaban J connectivity index is 1.61. The Bertz CT molecular complexity index is 605. The van der Waals surface area contributed by atoms with Crippen molar-refractivity contribution in [3.63, 3.8) is 0 Å². The highest BCUT2D eigenvalue weighted by atomic mass is 32.2. The van der Waals surface area contributed by atoms with Crippen LogP contribution in [0.5, 0.6) is 0 Å². The molecule has 0 unspecified atom stereocenters. The van der Waals surface area contributed by atoms with Gasteiger partial charge in [0.05, 0.1) is 0 Å². The van der Waals surface area contributed by atoms with Crippen LogP contribution in [-0.4, -0.2) is 18.2 Å². The first-order valence-corrected chi connectivity index (χ1v) is 8.54. The highest BCUT2D eigenvalue weighted by Crippen LogP contribution is 2.12. The van der Waals surface area contributed by atoms with E-state index in [9.17, 15) is 4.79 Å². The van der Waals surface area contributed by atoms with Crippen molar-refractivity contribution in [2.75, 3.05) is 12.3 Å². The molecule has 2 aromatic rings. The lowest BCUT2D eigenvalue weighted by molar-refractivity contribution is -0.116. The zero-order valence-electron chi connectivity index (χ0n) is 12.8. The van der Waals surface area contributed by atoms with Gasteiger partial charge >= 0.3 is 0 Å². The molecule has 0 aliphatic carbocycles. The molecule has 0 heterocycles. The lowest BCUT2D eigenvalue weighted by Crippen LogP contribution is -2.23. The number of nitrogens with one attached hydrogen (secondary N) is 1. The van der Waals surface area contributed by atoms with Gasteiger partial charge in [-0.25, -0.2) is 0 Å². The average Bonchev–Trinajstić information content (AvgIpc) is 2.55. The van der Waals surface area contributed by atoms with Gasteiger partial charge in [-0.2, -0.15) is 11.8 Å². The van der Waals surface area contributed by atoms with E-state index in [4.69, 9.17) is 0 Å². The van der Waals surface area contributed by atoms with E-state index in [0.717, 1.165) is 17.1 Å². The van der Waals surface area contributed by atoms with Crippen LogP contribution in [0.2, 0.25) is 0 Å². The number of carbonyl (C=O) groups excluding carboxylic acids is 1. The number of benzene rings is 2. The van der Waals surface area contributed by atoms with Crippen molar-refractivity contribution in [2.24, 2.45) is 0 Å². The Kier molecular flexibility index (Phi) is 6.78. The molecule has 114 valence electrons. The van der Waals surface area contributed by atoms with Gasteiger partial charge in [0.1, 0.15) is 0 Å². The van der Waals surface area contributed by atoms with Crippen LogP contribution in [0.15, 0.2) is 60.7 Å². The Labute approximate surface area is 136 Å². The molecule has 0 saturated heterocycles. The number of rotatable bonds is 7. The predicted molar refractivity (Wildman–Crippen MR) is 95.8 cm³/mol. The van der Waals surface area contributed by atoms with E-state index in [0.29, 0.717) is 6.54 Å². The minimum absolute atomic E-state index is 0.0419. The molecule has 1 amide bonds. The highest BCUT2D eigenvalue weighted by molar-refractivity contribution is 7.98. The second-order valence-electron chi connectivity index (χ2n) is 5.07. The molecule has 2 rings (SSSR count).